The summed E-state index contributed by atoms with van der Waals surface area (Å²) in [5, 5.41) is 4.28. The Morgan fingerprint density at radius 3 is 2.67 bits per heavy atom. The van der Waals surface area contributed by atoms with Crippen molar-refractivity contribution in [3.63, 3.8) is 0 Å². The first-order valence-corrected chi connectivity index (χ1v) is 5.42. The van der Waals surface area contributed by atoms with Gasteiger partial charge in [0, 0.05) is 31.4 Å². The van der Waals surface area contributed by atoms with Crippen molar-refractivity contribution in [3.05, 3.63) is 30.3 Å². The molecule has 2 rings (SSSR count). The highest BCUT2D eigenvalue weighted by atomic mass is 16.2. The molecule has 18 heavy (non-hydrogen) atoms. The number of nitrogens with zero attached hydrogens (tertiary/aromatic N) is 3. The largest absolute Gasteiger partial charge is 0.384 e. The Morgan fingerprint density at radius 2 is 2.11 bits per heavy atom. The molecule has 0 saturated heterocycles. The summed E-state index contributed by atoms with van der Waals surface area (Å²) < 4.78 is 1.60. The van der Waals surface area contributed by atoms with E-state index in [2.05, 4.69) is 5.10 Å². The molecule has 0 radical (unpaired) electrons. The zero-order chi connectivity index (χ0) is 13.3. The summed E-state index contributed by atoms with van der Waals surface area (Å²) in [6, 6.07) is 8.67. The minimum atomic E-state index is -0.507. The van der Waals surface area contributed by atoms with E-state index in [1.807, 2.05) is 18.2 Å². The first-order chi connectivity index (χ1) is 8.49. The predicted molar refractivity (Wildman–Crippen MR) is 71.0 cm³/mol. The molecule has 0 saturated carbocycles. The maximum Gasteiger partial charge on any atom is 0.318 e. The molecule has 1 aromatic carbocycles. The van der Waals surface area contributed by atoms with Crippen LogP contribution in [0.4, 0.5) is 16.3 Å². The van der Waals surface area contributed by atoms with Gasteiger partial charge in [-0.1, -0.05) is 12.1 Å². The van der Waals surface area contributed by atoms with Crippen LogP contribution in [0.3, 0.4) is 0 Å². The lowest BCUT2D eigenvalue weighted by Crippen LogP contribution is -2.31. The van der Waals surface area contributed by atoms with E-state index in [0.717, 1.165) is 11.3 Å². The highest BCUT2D eigenvalue weighted by molar-refractivity contribution is 5.90. The van der Waals surface area contributed by atoms with Crippen molar-refractivity contribution < 1.29 is 4.79 Å². The Labute approximate surface area is 105 Å². The van der Waals surface area contributed by atoms with Gasteiger partial charge in [0.1, 0.15) is 5.82 Å². The summed E-state index contributed by atoms with van der Waals surface area (Å²) in [6.07, 6.45) is 0. The molecule has 0 aliphatic carbocycles. The van der Waals surface area contributed by atoms with Crippen LogP contribution in [0.15, 0.2) is 30.3 Å². The summed E-state index contributed by atoms with van der Waals surface area (Å²) in [5.74, 6) is 0.582. The van der Waals surface area contributed by atoms with Gasteiger partial charge in [-0.2, -0.15) is 5.10 Å². The maximum atomic E-state index is 11.1. The van der Waals surface area contributed by atoms with Crippen molar-refractivity contribution in [1.82, 2.24) is 9.78 Å². The molecule has 6 heteroatoms. The highest BCUT2D eigenvalue weighted by Crippen LogP contribution is 2.24. The number of amides is 2. The predicted octanol–water partition coefficient (Wildman–Crippen LogP) is 1.18. The Hall–Kier alpha value is -2.50. The third-order valence-electron chi connectivity index (χ3n) is 2.78. The van der Waals surface area contributed by atoms with Crippen LogP contribution >= 0.6 is 0 Å². The van der Waals surface area contributed by atoms with Crippen molar-refractivity contribution in [1.29, 1.82) is 0 Å². The highest BCUT2D eigenvalue weighted by Gasteiger charge is 2.09. The Bertz CT molecular complexity index is 570. The number of aromatic nitrogens is 2. The van der Waals surface area contributed by atoms with Crippen LogP contribution in [0.2, 0.25) is 0 Å². The number of nitrogens with two attached hydrogens (primary N) is 2. The molecule has 0 bridgehead atoms. The molecule has 4 N–H and O–H groups in total. The molecule has 0 fully saturated rings. The molecule has 94 valence electrons. The summed E-state index contributed by atoms with van der Waals surface area (Å²) in [6.45, 7) is 0. The third kappa shape index (κ3) is 2.13. The van der Waals surface area contributed by atoms with Crippen LogP contribution < -0.4 is 16.4 Å². The normalized spacial score (nSPS) is 10.3. The number of carbonyl (C=O) groups excluding carboxylic acids is 1. The van der Waals surface area contributed by atoms with Gasteiger partial charge in [0.05, 0.1) is 5.69 Å². The molecule has 0 atom stereocenters. The monoisotopic (exact) mass is 245 g/mol. The van der Waals surface area contributed by atoms with Crippen LogP contribution in [0.1, 0.15) is 0 Å². The Morgan fingerprint density at radius 1 is 1.39 bits per heavy atom. The van der Waals surface area contributed by atoms with Gasteiger partial charge >= 0.3 is 6.03 Å². The molecule has 0 unspecified atom stereocenters. The second-order valence-corrected chi connectivity index (χ2v) is 4.03. The van der Waals surface area contributed by atoms with Crippen molar-refractivity contribution in [2.75, 3.05) is 17.7 Å². The first-order valence-electron chi connectivity index (χ1n) is 5.42. The topological polar surface area (TPSA) is 90.2 Å². The molecule has 1 aromatic heterocycles. The smallest absolute Gasteiger partial charge is 0.318 e. The minimum absolute atomic E-state index is 0.507. The number of nitrogen functional groups attached to an aromatic ring is 1. The average Bonchev–Trinajstić information content (AvgIpc) is 2.69. The van der Waals surface area contributed by atoms with E-state index in [-0.39, 0.29) is 0 Å². The van der Waals surface area contributed by atoms with Crippen molar-refractivity contribution >= 4 is 17.5 Å². The molecule has 2 aromatic rings. The van der Waals surface area contributed by atoms with Gasteiger partial charge in [-0.15, -0.1) is 0 Å². The van der Waals surface area contributed by atoms with E-state index < -0.39 is 6.03 Å². The van der Waals surface area contributed by atoms with E-state index in [9.17, 15) is 4.79 Å². The molecule has 1 heterocycles. The van der Waals surface area contributed by atoms with Gasteiger partial charge in [0.2, 0.25) is 0 Å². The number of hydrogen-bond acceptors (Lipinski definition) is 3. The van der Waals surface area contributed by atoms with Crippen LogP contribution in [0.5, 0.6) is 0 Å². The lowest BCUT2D eigenvalue weighted by Gasteiger charge is -2.14. The van der Waals surface area contributed by atoms with E-state index in [1.54, 1.807) is 30.9 Å². The number of benzene rings is 1. The fourth-order valence-corrected chi connectivity index (χ4v) is 1.62. The molecule has 0 aliphatic rings. The lowest BCUT2D eigenvalue weighted by molar-refractivity contribution is 0.255. The number of urea groups is 1. The van der Waals surface area contributed by atoms with E-state index >= 15 is 0 Å². The van der Waals surface area contributed by atoms with E-state index in [4.69, 9.17) is 11.5 Å². The first kappa shape index (κ1) is 12.0. The van der Waals surface area contributed by atoms with Gasteiger partial charge in [0.25, 0.3) is 0 Å². The molecular formula is C12H15N5O. The molecule has 2 amide bonds. The van der Waals surface area contributed by atoms with Crippen LogP contribution in [0.25, 0.3) is 11.3 Å². The van der Waals surface area contributed by atoms with Crippen molar-refractivity contribution in [3.8, 4) is 11.3 Å². The maximum absolute atomic E-state index is 11.1. The number of primary amides is 1. The van der Waals surface area contributed by atoms with E-state index in [1.165, 1.54) is 4.90 Å². The average molecular weight is 245 g/mol. The summed E-state index contributed by atoms with van der Waals surface area (Å²) in [4.78, 5) is 12.5. The summed E-state index contributed by atoms with van der Waals surface area (Å²) in [5.41, 5.74) is 13.3. The second kappa shape index (κ2) is 4.40. The van der Waals surface area contributed by atoms with Crippen LogP contribution in [0, 0.1) is 0 Å². The van der Waals surface area contributed by atoms with Gasteiger partial charge in [-0.3, -0.25) is 9.58 Å². The molecule has 6 nitrogen and oxygen atoms in total. The molecule has 0 aliphatic heterocycles. The van der Waals surface area contributed by atoms with Crippen LogP contribution in [-0.4, -0.2) is 22.9 Å². The number of anilines is 2. The number of rotatable bonds is 2. The fraction of sp³-hybridized carbons (Fsp3) is 0.167. The second-order valence-electron chi connectivity index (χ2n) is 4.03. The standard InChI is InChI=1S/C12H15N5O/c1-16(12(14)18)9-5-3-4-8(6-9)10-7-11(13)17(2)15-10/h3-7H,13H2,1-2H3,(H2,14,18). The van der Waals surface area contributed by atoms with Crippen molar-refractivity contribution in [2.45, 2.75) is 0 Å². The number of hydrogen-bond donors (Lipinski definition) is 2. The minimum Gasteiger partial charge on any atom is -0.384 e. The van der Waals surface area contributed by atoms with E-state index in [0.29, 0.717) is 11.5 Å². The van der Waals surface area contributed by atoms with Gasteiger partial charge < -0.3 is 11.5 Å². The van der Waals surface area contributed by atoms with Crippen molar-refractivity contribution in [2.24, 2.45) is 12.8 Å². The number of aryl methyl sites for hydroxylation is 1. The Kier molecular flexibility index (Phi) is 2.93. The van der Waals surface area contributed by atoms with Crippen LogP contribution in [-0.2, 0) is 7.05 Å². The SMILES string of the molecule is CN(C(N)=O)c1cccc(-c2cc(N)n(C)n2)c1. The third-order valence-corrected chi connectivity index (χ3v) is 2.78. The number of carbonyl (C=O) groups is 1. The Balaban J connectivity index is 2.41. The molecule has 0 spiro atoms. The fourth-order valence-electron chi connectivity index (χ4n) is 1.62. The summed E-state index contributed by atoms with van der Waals surface area (Å²) in [7, 11) is 3.40. The van der Waals surface area contributed by atoms with Gasteiger partial charge in [0.15, 0.2) is 0 Å². The quantitative estimate of drug-likeness (QED) is 0.832. The zero-order valence-corrected chi connectivity index (χ0v) is 10.3. The zero-order valence-electron chi connectivity index (χ0n) is 10.3. The molecular weight excluding hydrogens is 230 g/mol. The van der Waals surface area contributed by atoms with Gasteiger partial charge in [-0.05, 0) is 12.1 Å². The lowest BCUT2D eigenvalue weighted by atomic mass is 10.1. The van der Waals surface area contributed by atoms with Gasteiger partial charge in [-0.25, -0.2) is 4.79 Å². The summed E-state index contributed by atoms with van der Waals surface area (Å²) >= 11 is 0.